The van der Waals surface area contributed by atoms with Crippen LogP contribution in [0.25, 0.3) is 11.1 Å². The van der Waals surface area contributed by atoms with Crippen molar-refractivity contribution in [2.24, 2.45) is 7.05 Å². The first-order valence-corrected chi connectivity index (χ1v) is 12.9. The molecule has 2 fully saturated rings. The molecule has 214 valence electrons. The molecule has 40 heavy (non-hydrogen) atoms. The molecule has 2 aliphatic heterocycles. The zero-order valence-corrected chi connectivity index (χ0v) is 22.4. The highest BCUT2D eigenvalue weighted by Gasteiger charge is 2.39. The van der Waals surface area contributed by atoms with Crippen molar-refractivity contribution in [1.29, 1.82) is 0 Å². The van der Waals surface area contributed by atoms with Gasteiger partial charge in [-0.2, -0.15) is 18.3 Å². The zero-order chi connectivity index (χ0) is 28.6. The molecule has 2 aliphatic rings. The number of morpholine rings is 1. The molecule has 0 aliphatic carbocycles. The summed E-state index contributed by atoms with van der Waals surface area (Å²) in [5.41, 5.74) is -0.906. The van der Waals surface area contributed by atoms with Crippen LogP contribution < -0.4 is 15.1 Å². The van der Waals surface area contributed by atoms with E-state index in [0.29, 0.717) is 63.1 Å². The van der Waals surface area contributed by atoms with Gasteiger partial charge in [0.05, 0.1) is 30.2 Å². The lowest BCUT2D eigenvalue weighted by Gasteiger charge is -2.39. The number of likely N-dealkylation sites (N-methyl/N-ethyl adjacent to an activating group) is 1. The Morgan fingerprint density at radius 1 is 1.05 bits per heavy atom. The van der Waals surface area contributed by atoms with Crippen LogP contribution in [0.2, 0.25) is 0 Å². The second kappa shape index (κ2) is 11.0. The minimum Gasteiger partial charge on any atom is -0.378 e. The minimum atomic E-state index is -4.82. The van der Waals surface area contributed by atoms with Crippen molar-refractivity contribution in [2.75, 3.05) is 68.1 Å². The minimum absolute atomic E-state index is 0.108. The molecular formula is C26H30F4N8O2. The molecule has 0 radical (unpaired) electrons. The predicted molar refractivity (Wildman–Crippen MR) is 141 cm³/mol. The molecule has 1 aromatic carbocycles. The third kappa shape index (κ3) is 5.72. The van der Waals surface area contributed by atoms with E-state index >= 15 is 4.39 Å². The van der Waals surface area contributed by atoms with Crippen LogP contribution in [0.3, 0.4) is 0 Å². The number of halogens is 4. The van der Waals surface area contributed by atoms with Crippen molar-refractivity contribution in [2.45, 2.75) is 19.1 Å². The average molecular weight is 563 g/mol. The molecule has 14 heteroatoms. The maximum absolute atomic E-state index is 15.6. The normalized spacial score (nSPS) is 18.7. The number of carbonyl (C=O) groups is 1. The van der Waals surface area contributed by atoms with Gasteiger partial charge >= 0.3 is 6.18 Å². The lowest BCUT2D eigenvalue weighted by atomic mass is 10.0. The topological polar surface area (TPSA) is 91.7 Å². The molecule has 0 bridgehead atoms. The molecule has 5 rings (SSSR count). The molecule has 0 saturated carbocycles. The van der Waals surface area contributed by atoms with Gasteiger partial charge < -0.3 is 24.8 Å². The van der Waals surface area contributed by atoms with Gasteiger partial charge in [0.15, 0.2) is 5.69 Å². The van der Waals surface area contributed by atoms with Crippen LogP contribution in [-0.4, -0.2) is 89.6 Å². The highest BCUT2D eigenvalue weighted by atomic mass is 19.4. The number of anilines is 3. The number of hydrogen-bond donors (Lipinski definition) is 1. The Morgan fingerprint density at radius 2 is 1.75 bits per heavy atom. The second-order valence-corrected chi connectivity index (χ2v) is 10.0. The van der Waals surface area contributed by atoms with Crippen LogP contribution in [0.1, 0.15) is 23.0 Å². The fraction of sp³-hybridized carbons (Fsp3) is 0.462. The Balaban J connectivity index is 1.51. The Bertz CT molecular complexity index is 1370. The van der Waals surface area contributed by atoms with Crippen LogP contribution >= 0.6 is 0 Å². The standard InChI is InChI=1S/C26H30F4N8O2/c1-16-14-38(5-4-35(16)2)22-11-20(27)18(17-12-31-25(32-13-17)37-6-8-40-9-7-37)10-21(22)33-24(39)19-15-36(3)34-23(19)26(28,29)30/h10-13,15-16H,4-9,14H2,1-3H3,(H,33,39). The monoisotopic (exact) mass is 562 g/mol. The van der Waals surface area contributed by atoms with Crippen molar-refractivity contribution in [3.05, 3.63) is 47.8 Å². The molecule has 1 amide bonds. The van der Waals surface area contributed by atoms with Crippen LogP contribution in [-0.2, 0) is 18.0 Å². The molecule has 2 saturated heterocycles. The van der Waals surface area contributed by atoms with Gasteiger partial charge in [0, 0.05) is 75.5 Å². The smallest absolute Gasteiger partial charge is 0.378 e. The maximum Gasteiger partial charge on any atom is 0.435 e. The number of amides is 1. The van der Waals surface area contributed by atoms with Gasteiger partial charge in [-0.05, 0) is 26.1 Å². The summed E-state index contributed by atoms with van der Waals surface area (Å²) in [6.07, 6.45) is -0.833. The summed E-state index contributed by atoms with van der Waals surface area (Å²) in [4.78, 5) is 28.0. The molecular weight excluding hydrogens is 532 g/mol. The molecule has 3 aromatic rings. The number of nitrogens with one attached hydrogen (secondary N) is 1. The van der Waals surface area contributed by atoms with E-state index in [1.165, 1.54) is 31.6 Å². The first-order valence-electron chi connectivity index (χ1n) is 12.9. The van der Waals surface area contributed by atoms with Crippen LogP contribution in [0.4, 0.5) is 34.9 Å². The number of piperazine rings is 1. The SMILES string of the molecule is CC1CN(c2cc(F)c(-c3cnc(N4CCOCC4)nc3)cc2NC(=O)c2cn(C)nc2C(F)(F)F)CCN1C. The molecule has 1 N–H and O–H groups in total. The number of carbonyl (C=O) groups excluding carboxylic acids is 1. The van der Waals surface area contributed by atoms with Gasteiger partial charge in [-0.15, -0.1) is 0 Å². The quantitative estimate of drug-likeness (QED) is 0.474. The Labute approximate surface area is 228 Å². The maximum atomic E-state index is 15.6. The lowest BCUT2D eigenvalue weighted by Crippen LogP contribution is -2.50. The van der Waals surface area contributed by atoms with E-state index < -0.39 is 29.2 Å². The van der Waals surface area contributed by atoms with Gasteiger partial charge in [-0.25, -0.2) is 14.4 Å². The van der Waals surface area contributed by atoms with Crippen molar-refractivity contribution < 1.29 is 27.1 Å². The summed E-state index contributed by atoms with van der Waals surface area (Å²) < 4.78 is 62.6. The van der Waals surface area contributed by atoms with Crippen molar-refractivity contribution in [3.63, 3.8) is 0 Å². The number of benzene rings is 1. The zero-order valence-electron chi connectivity index (χ0n) is 22.4. The molecule has 4 heterocycles. The van der Waals surface area contributed by atoms with Gasteiger partial charge in [0.25, 0.3) is 5.91 Å². The second-order valence-electron chi connectivity index (χ2n) is 10.0. The van der Waals surface area contributed by atoms with E-state index in [2.05, 4.69) is 25.3 Å². The van der Waals surface area contributed by atoms with Crippen LogP contribution in [0.15, 0.2) is 30.7 Å². The Morgan fingerprint density at radius 3 is 2.40 bits per heavy atom. The van der Waals surface area contributed by atoms with E-state index in [1.807, 2.05) is 23.8 Å². The highest BCUT2D eigenvalue weighted by molar-refractivity contribution is 6.07. The van der Waals surface area contributed by atoms with Crippen molar-refractivity contribution in [3.8, 4) is 11.1 Å². The van der Waals surface area contributed by atoms with Crippen molar-refractivity contribution in [1.82, 2.24) is 24.6 Å². The summed E-state index contributed by atoms with van der Waals surface area (Å²) in [5.74, 6) is -1.08. The van der Waals surface area contributed by atoms with E-state index in [4.69, 9.17) is 4.74 Å². The predicted octanol–water partition coefficient (Wildman–Crippen LogP) is 3.26. The fourth-order valence-corrected chi connectivity index (χ4v) is 4.85. The fourth-order valence-electron chi connectivity index (χ4n) is 4.85. The number of nitrogens with zero attached hydrogens (tertiary/aromatic N) is 7. The van der Waals surface area contributed by atoms with Gasteiger partial charge in [0.1, 0.15) is 5.82 Å². The average Bonchev–Trinajstić information content (AvgIpc) is 3.34. The van der Waals surface area contributed by atoms with E-state index in [-0.39, 0.29) is 17.3 Å². The number of hydrogen-bond acceptors (Lipinski definition) is 8. The third-order valence-corrected chi connectivity index (χ3v) is 7.22. The summed E-state index contributed by atoms with van der Waals surface area (Å²) in [7, 11) is 3.29. The number of rotatable bonds is 5. The largest absolute Gasteiger partial charge is 0.435 e. The Kier molecular flexibility index (Phi) is 7.64. The Hall–Kier alpha value is -3.78. The summed E-state index contributed by atoms with van der Waals surface area (Å²) in [6.45, 7) is 6.18. The molecule has 2 aromatic heterocycles. The number of aromatic nitrogens is 4. The van der Waals surface area contributed by atoms with Gasteiger partial charge in [-0.1, -0.05) is 0 Å². The highest BCUT2D eigenvalue weighted by Crippen LogP contribution is 2.36. The molecule has 1 unspecified atom stereocenters. The van der Waals surface area contributed by atoms with E-state index in [1.54, 1.807) is 0 Å². The summed E-state index contributed by atoms with van der Waals surface area (Å²) >= 11 is 0. The van der Waals surface area contributed by atoms with Gasteiger partial charge in [-0.3, -0.25) is 9.48 Å². The van der Waals surface area contributed by atoms with Crippen LogP contribution in [0.5, 0.6) is 0 Å². The summed E-state index contributed by atoms with van der Waals surface area (Å²) in [6, 6.07) is 2.85. The number of alkyl halides is 3. The third-order valence-electron chi connectivity index (χ3n) is 7.22. The number of aryl methyl sites for hydroxylation is 1. The lowest BCUT2D eigenvalue weighted by molar-refractivity contribution is -0.141. The van der Waals surface area contributed by atoms with Crippen molar-refractivity contribution >= 4 is 23.2 Å². The van der Waals surface area contributed by atoms with Crippen LogP contribution in [0, 0.1) is 5.82 Å². The summed E-state index contributed by atoms with van der Waals surface area (Å²) in [5, 5.41) is 6.03. The molecule has 10 nitrogen and oxygen atoms in total. The van der Waals surface area contributed by atoms with E-state index in [0.717, 1.165) is 10.9 Å². The first-order chi connectivity index (χ1) is 19.0. The number of ether oxygens (including phenoxy) is 1. The first kappa shape index (κ1) is 27.8. The molecule has 1 atom stereocenters. The van der Waals surface area contributed by atoms with E-state index in [9.17, 15) is 18.0 Å². The molecule has 0 spiro atoms. The van der Waals surface area contributed by atoms with Gasteiger partial charge in [0.2, 0.25) is 5.95 Å².